The van der Waals surface area contributed by atoms with E-state index >= 15 is 0 Å². The van der Waals surface area contributed by atoms with Gasteiger partial charge in [0.2, 0.25) is 10.0 Å². The van der Waals surface area contributed by atoms with E-state index in [1.807, 2.05) is 6.92 Å². The van der Waals surface area contributed by atoms with Crippen molar-refractivity contribution in [3.8, 4) is 5.75 Å². The van der Waals surface area contributed by atoms with Crippen LogP contribution in [0, 0.1) is 12.8 Å². The molecule has 1 unspecified atom stereocenters. The van der Waals surface area contributed by atoms with Crippen molar-refractivity contribution in [2.45, 2.75) is 31.7 Å². The molecule has 1 atom stereocenters. The van der Waals surface area contributed by atoms with Gasteiger partial charge in [-0.1, -0.05) is 31.5 Å². The lowest BCUT2D eigenvalue weighted by Gasteiger charge is -2.20. The van der Waals surface area contributed by atoms with Crippen molar-refractivity contribution in [1.82, 2.24) is 10.1 Å². The zero-order chi connectivity index (χ0) is 20.0. The van der Waals surface area contributed by atoms with Crippen molar-refractivity contribution >= 4 is 22.1 Å². The number of hydrogen-bond acceptors (Lipinski definition) is 5. The summed E-state index contributed by atoms with van der Waals surface area (Å²) in [5.41, 5.74) is 3.97. The lowest BCUT2D eigenvalue weighted by molar-refractivity contribution is -0.123. The second kappa shape index (κ2) is 8.79. The summed E-state index contributed by atoms with van der Waals surface area (Å²) in [7, 11) is -3.84. The number of phenols is 1. The van der Waals surface area contributed by atoms with Crippen LogP contribution in [-0.2, 0) is 14.8 Å². The van der Waals surface area contributed by atoms with Crippen LogP contribution in [0.5, 0.6) is 5.75 Å². The molecule has 0 heterocycles. The maximum Gasteiger partial charge on any atom is 0.258 e. The first-order chi connectivity index (χ1) is 12.7. The van der Waals surface area contributed by atoms with Crippen molar-refractivity contribution in [3.05, 3.63) is 59.7 Å². The van der Waals surface area contributed by atoms with Crippen molar-refractivity contribution in [3.63, 3.8) is 0 Å². The highest BCUT2D eigenvalue weighted by molar-refractivity contribution is 7.89. The average molecular weight is 389 g/mol. The Balaban J connectivity index is 2.08. The molecule has 0 spiro atoms. The first-order valence-corrected chi connectivity index (χ1v) is 9.88. The number of amides is 1. The second-order valence-electron chi connectivity index (χ2n) is 6.48. The summed E-state index contributed by atoms with van der Waals surface area (Å²) in [5, 5.41) is 13.1. The Morgan fingerprint density at radius 3 is 2.22 bits per heavy atom. The highest BCUT2D eigenvalue weighted by atomic mass is 32.2. The van der Waals surface area contributed by atoms with Crippen LogP contribution in [0.4, 0.5) is 0 Å². The number of aromatic hydroxyl groups is 1. The van der Waals surface area contributed by atoms with Crippen molar-refractivity contribution in [1.29, 1.82) is 0 Å². The summed E-state index contributed by atoms with van der Waals surface area (Å²) < 4.78 is 27.5. The predicted octanol–water partition coefficient (Wildman–Crippen LogP) is 2.15. The van der Waals surface area contributed by atoms with Crippen LogP contribution in [0.2, 0.25) is 0 Å². The van der Waals surface area contributed by atoms with Crippen molar-refractivity contribution in [2.75, 3.05) is 0 Å². The summed E-state index contributed by atoms with van der Waals surface area (Å²) in [4.78, 5) is 12.5. The van der Waals surface area contributed by atoms with Crippen LogP contribution < -0.4 is 10.1 Å². The van der Waals surface area contributed by atoms with Gasteiger partial charge in [0.25, 0.3) is 5.91 Å². The Hall–Kier alpha value is -2.71. The molecular weight excluding hydrogens is 366 g/mol. The third-order valence-corrected chi connectivity index (χ3v) is 5.30. The standard InChI is InChI=1S/C19H23N3O4S/c1-13(2)18(22-27(25,26)17-10-4-14(3)5-11-17)19(24)21-20-12-15-6-8-16(23)9-7-15/h4-13,18,22-23H,1-3H3,(H,21,24). The SMILES string of the molecule is Cc1ccc(S(=O)(=O)NC(C(=O)NN=Cc2ccc(O)cc2)C(C)C)cc1. The molecule has 0 fully saturated rings. The molecule has 0 aliphatic heterocycles. The summed E-state index contributed by atoms with van der Waals surface area (Å²) in [5.74, 6) is -0.716. The number of hydrazone groups is 1. The van der Waals surface area contributed by atoms with Gasteiger partial charge in [-0.3, -0.25) is 4.79 Å². The van der Waals surface area contributed by atoms with Crippen LogP contribution in [-0.4, -0.2) is 31.7 Å². The Morgan fingerprint density at radius 2 is 1.67 bits per heavy atom. The first kappa shape index (κ1) is 20.6. The van der Waals surface area contributed by atoms with Crippen molar-refractivity contribution < 1.29 is 18.3 Å². The lowest BCUT2D eigenvalue weighted by Crippen LogP contribution is -2.48. The molecular formula is C19H23N3O4S. The molecule has 144 valence electrons. The van der Waals surface area contributed by atoms with Gasteiger partial charge < -0.3 is 5.11 Å². The number of carbonyl (C=O) groups is 1. The Bertz CT molecular complexity index is 905. The summed E-state index contributed by atoms with van der Waals surface area (Å²) in [6, 6.07) is 11.7. The molecule has 27 heavy (non-hydrogen) atoms. The van der Waals surface area contributed by atoms with E-state index in [0.29, 0.717) is 5.56 Å². The van der Waals surface area contributed by atoms with Crippen LogP contribution in [0.3, 0.4) is 0 Å². The summed E-state index contributed by atoms with van der Waals surface area (Å²) in [6.07, 6.45) is 1.41. The van der Waals surface area contributed by atoms with E-state index in [2.05, 4.69) is 15.2 Å². The maximum absolute atomic E-state index is 12.5. The van der Waals surface area contributed by atoms with Gasteiger partial charge in [0.05, 0.1) is 11.1 Å². The molecule has 2 aromatic rings. The van der Waals surface area contributed by atoms with Crippen LogP contribution in [0.1, 0.15) is 25.0 Å². The minimum Gasteiger partial charge on any atom is -0.508 e. The molecule has 0 radical (unpaired) electrons. The van der Waals surface area contributed by atoms with E-state index in [4.69, 9.17) is 0 Å². The monoisotopic (exact) mass is 389 g/mol. The largest absolute Gasteiger partial charge is 0.508 e. The smallest absolute Gasteiger partial charge is 0.258 e. The molecule has 0 saturated heterocycles. The lowest BCUT2D eigenvalue weighted by atomic mass is 10.1. The number of carbonyl (C=O) groups excluding carboxylic acids is 1. The number of phenolic OH excluding ortho intramolecular Hbond substituents is 1. The number of nitrogens with zero attached hydrogens (tertiary/aromatic N) is 1. The van der Waals surface area contributed by atoms with Gasteiger partial charge in [0.15, 0.2) is 0 Å². The average Bonchev–Trinajstić information content (AvgIpc) is 2.61. The molecule has 2 aromatic carbocycles. The fraction of sp³-hybridized carbons (Fsp3) is 0.263. The van der Waals surface area contributed by atoms with Gasteiger partial charge in [-0.05, 0) is 54.8 Å². The highest BCUT2D eigenvalue weighted by Gasteiger charge is 2.28. The molecule has 0 aromatic heterocycles. The van der Waals surface area contributed by atoms with E-state index in [1.54, 1.807) is 38.1 Å². The Kier molecular flexibility index (Phi) is 6.70. The Labute approximate surface area is 159 Å². The Morgan fingerprint density at radius 1 is 1.07 bits per heavy atom. The molecule has 7 nitrogen and oxygen atoms in total. The second-order valence-corrected chi connectivity index (χ2v) is 8.20. The predicted molar refractivity (Wildman–Crippen MR) is 104 cm³/mol. The van der Waals surface area contributed by atoms with E-state index in [9.17, 15) is 18.3 Å². The molecule has 2 rings (SSSR count). The fourth-order valence-corrected chi connectivity index (χ4v) is 3.59. The van der Waals surface area contributed by atoms with Crippen LogP contribution >= 0.6 is 0 Å². The van der Waals surface area contributed by atoms with Crippen molar-refractivity contribution in [2.24, 2.45) is 11.0 Å². The summed E-state index contributed by atoms with van der Waals surface area (Å²) >= 11 is 0. The quantitative estimate of drug-likeness (QED) is 0.498. The van der Waals surface area contributed by atoms with Gasteiger partial charge in [-0.2, -0.15) is 9.82 Å². The zero-order valence-corrected chi connectivity index (χ0v) is 16.2. The van der Waals surface area contributed by atoms with Gasteiger partial charge >= 0.3 is 0 Å². The number of aryl methyl sites for hydroxylation is 1. The van der Waals surface area contributed by atoms with Gasteiger partial charge in [0, 0.05) is 0 Å². The van der Waals surface area contributed by atoms with E-state index in [-0.39, 0.29) is 16.6 Å². The summed E-state index contributed by atoms with van der Waals surface area (Å²) in [6.45, 7) is 5.34. The molecule has 0 bridgehead atoms. The number of hydrogen-bond donors (Lipinski definition) is 3. The van der Waals surface area contributed by atoms with E-state index in [0.717, 1.165) is 5.56 Å². The van der Waals surface area contributed by atoms with Crippen LogP contribution in [0.25, 0.3) is 0 Å². The number of nitrogens with one attached hydrogen (secondary N) is 2. The zero-order valence-electron chi connectivity index (χ0n) is 15.4. The highest BCUT2D eigenvalue weighted by Crippen LogP contribution is 2.13. The third-order valence-electron chi connectivity index (χ3n) is 3.84. The molecule has 8 heteroatoms. The van der Waals surface area contributed by atoms with Crippen LogP contribution in [0.15, 0.2) is 58.5 Å². The normalized spacial score (nSPS) is 13.0. The molecule has 0 aliphatic carbocycles. The number of rotatable bonds is 7. The van der Waals surface area contributed by atoms with Gasteiger partial charge in [-0.15, -0.1) is 0 Å². The molecule has 0 saturated carbocycles. The topological polar surface area (TPSA) is 108 Å². The number of benzene rings is 2. The third kappa shape index (κ3) is 5.90. The van der Waals surface area contributed by atoms with Gasteiger partial charge in [-0.25, -0.2) is 13.8 Å². The molecule has 0 aliphatic rings. The molecule has 1 amide bonds. The minimum atomic E-state index is -3.84. The van der Waals surface area contributed by atoms with Gasteiger partial charge in [0.1, 0.15) is 11.8 Å². The van der Waals surface area contributed by atoms with E-state index in [1.165, 1.54) is 30.5 Å². The number of sulfonamides is 1. The van der Waals surface area contributed by atoms with E-state index < -0.39 is 22.0 Å². The minimum absolute atomic E-state index is 0.0964. The maximum atomic E-state index is 12.5. The molecule has 3 N–H and O–H groups in total. The first-order valence-electron chi connectivity index (χ1n) is 8.40. The fourth-order valence-electron chi connectivity index (χ4n) is 2.25.